The molecule has 0 saturated heterocycles. The third-order valence-electron chi connectivity index (χ3n) is 5.02. The minimum absolute atomic E-state index is 0.566. The zero-order chi connectivity index (χ0) is 18.8. The van der Waals surface area contributed by atoms with Gasteiger partial charge in [0, 0.05) is 35.8 Å². The van der Waals surface area contributed by atoms with E-state index in [9.17, 15) is 0 Å². The first kappa shape index (κ1) is 17.6. The fourth-order valence-corrected chi connectivity index (χ4v) is 3.74. The molecule has 2 heteroatoms. The first-order valence-electron chi connectivity index (χ1n) is 9.63. The molecule has 0 atom stereocenters. The molecule has 0 amide bonds. The van der Waals surface area contributed by atoms with Gasteiger partial charge in [-0.25, -0.2) is 0 Å². The van der Waals surface area contributed by atoms with Crippen molar-refractivity contribution >= 4 is 10.9 Å². The molecule has 4 aromatic rings. The van der Waals surface area contributed by atoms with Crippen LogP contribution in [0.4, 0.5) is 0 Å². The van der Waals surface area contributed by atoms with E-state index in [2.05, 4.69) is 97.4 Å². The van der Waals surface area contributed by atoms with Gasteiger partial charge in [-0.05, 0) is 40.3 Å². The lowest BCUT2D eigenvalue weighted by Gasteiger charge is -2.09. The van der Waals surface area contributed by atoms with Gasteiger partial charge in [0.05, 0.1) is 0 Å². The molecule has 136 valence electrons. The Balaban J connectivity index is 1.90. The van der Waals surface area contributed by atoms with Gasteiger partial charge in [0.25, 0.3) is 0 Å². The molecule has 0 spiro atoms. The van der Waals surface area contributed by atoms with Crippen LogP contribution in [-0.4, -0.2) is 4.57 Å². The molecular weight excluding hydrogens is 328 g/mol. The van der Waals surface area contributed by atoms with Gasteiger partial charge in [-0.3, -0.25) is 0 Å². The summed E-state index contributed by atoms with van der Waals surface area (Å²) < 4.78 is 2.40. The van der Waals surface area contributed by atoms with Crippen molar-refractivity contribution in [2.24, 2.45) is 11.7 Å². The molecule has 0 aliphatic carbocycles. The molecule has 1 aromatic heterocycles. The van der Waals surface area contributed by atoms with Crippen LogP contribution in [0.5, 0.6) is 0 Å². The molecule has 0 aliphatic rings. The van der Waals surface area contributed by atoms with E-state index in [-0.39, 0.29) is 0 Å². The van der Waals surface area contributed by atoms with Gasteiger partial charge in [0.1, 0.15) is 0 Å². The third kappa shape index (κ3) is 3.54. The highest BCUT2D eigenvalue weighted by molar-refractivity contribution is 5.98. The van der Waals surface area contributed by atoms with Crippen molar-refractivity contribution in [2.75, 3.05) is 0 Å². The zero-order valence-corrected chi connectivity index (χ0v) is 16.0. The topological polar surface area (TPSA) is 30.9 Å². The van der Waals surface area contributed by atoms with Gasteiger partial charge in [-0.15, -0.1) is 0 Å². The van der Waals surface area contributed by atoms with E-state index >= 15 is 0 Å². The van der Waals surface area contributed by atoms with Crippen LogP contribution in [0, 0.1) is 5.92 Å². The molecule has 2 nitrogen and oxygen atoms in total. The van der Waals surface area contributed by atoms with E-state index in [1.54, 1.807) is 0 Å². The van der Waals surface area contributed by atoms with Crippen LogP contribution in [-0.2, 0) is 13.1 Å². The van der Waals surface area contributed by atoms with E-state index in [1.807, 2.05) is 0 Å². The van der Waals surface area contributed by atoms with Crippen LogP contribution < -0.4 is 5.73 Å². The lowest BCUT2D eigenvalue weighted by molar-refractivity contribution is 0.535. The number of aromatic nitrogens is 1. The Labute approximate surface area is 161 Å². The largest absolute Gasteiger partial charge is 0.347 e. The molecule has 0 radical (unpaired) electrons. The van der Waals surface area contributed by atoms with Gasteiger partial charge >= 0.3 is 0 Å². The molecule has 27 heavy (non-hydrogen) atoms. The van der Waals surface area contributed by atoms with Gasteiger partial charge in [-0.1, -0.05) is 74.5 Å². The van der Waals surface area contributed by atoms with E-state index in [1.165, 1.54) is 33.2 Å². The number of benzene rings is 3. The van der Waals surface area contributed by atoms with Crippen LogP contribution in [0.2, 0.25) is 0 Å². The Morgan fingerprint density at radius 3 is 2.33 bits per heavy atom. The maximum Gasteiger partial charge on any atom is 0.0493 e. The molecule has 0 saturated carbocycles. The minimum atomic E-state index is 0.566. The Morgan fingerprint density at radius 1 is 0.815 bits per heavy atom. The average Bonchev–Trinajstić information content (AvgIpc) is 3.06. The summed E-state index contributed by atoms with van der Waals surface area (Å²) in [6.07, 6.45) is 2.30. The highest BCUT2D eigenvalue weighted by atomic mass is 15.0. The molecule has 0 unspecified atom stereocenters. The average molecular weight is 354 g/mol. The summed E-state index contributed by atoms with van der Waals surface area (Å²) in [5.74, 6) is 0.587. The Bertz CT molecular complexity index is 1060. The Hall–Kier alpha value is -2.84. The summed E-state index contributed by atoms with van der Waals surface area (Å²) in [4.78, 5) is 0. The second kappa shape index (κ2) is 7.42. The summed E-state index contributed by atoms with van der Waals surface area (Å²) in [6, 6.07) is 26.0. The molecule has 2 N–H and O–H groups in total. The molecule has 0 bridgehead atoms. The number of fused-ring (bicyclic) bond motifs is 1. The predicted molar refractivity (Wildman–Crippen MR) is 116 cm³/mol. The number of hydrogen-bond donors (Lipinski definition) is 1. The van der Waals surface area contributed by atoms with Crippen molar-refractivity contribution in [2.45, 2.75) is 26.9 Å². The van der Waals surface area contributed by atoms with E-state index in [0.717, 1.165) is 12.1 Å². The molecule has 3 aromatic carbocycles. The predicted octanol–water partition coefficient (Wildman–Crippen LogP) is 6.09. The van der Waals surface area contributed by atoms with E-state index in [0.29, 0.717) is 12.5 Å². The summed E-state index contributed by atoms with van der Waals surface area (Å²) in [5, 5.41) is 1.30. The highest BCUT2D eigenvalue weighted by Crippen LogP contribution is 2.34. The van der Waals surface area contributed by atoms with Gasteiger partial charge < -0.3 is 10.3 Å². The van der Waals surface area contributed by atoms with Crippen molar-refractivity contribution in [3.8, 4) is 22.3 Å². The van der Waals surface area contributed by atoms with Crippen molar-refractivity contribution in [3.63, 3.8) is 0 Å². The number of nitrogens with zero attached hydrogens (tertiary/aromatic N) is 1. The lowest BCUT2D eigenvalue weighted by atomic mass is 10.00. The van der Waals surface area contributed by atoms with Crippen LogP contribution in [0.25, 0.3) is 33.2 Å². The number of rotatable bonds is 5. The van der Waals surface area contributed by atoms with Crippen molar-refractivity contribution < 1.29 is 0 Å². The fourth-order valence-electron chi connectivity index (χ4n) is 3.74. The maximum absolute atomic E-state index is 5.86. The van der Waals surface area contributed by atoms with E-state index < -0.39 is 0 Å². The number of hydrogen-bond acceptors (Lipinski definition) is 1. The fraction of sp³-hybridized carbons (Fsp3) is 0.200. The van der Waals surface area contributed by atoms with Crippen LogP contribution in [0.1, 0.15) is 19.4 Å². The van der Waals surface area contributed by atoms with Crippen molar-refractivity contribution in [1.82, 2.24) is 4.57 Å². The summed E-state index contributed by atoms with van der Waals surface area (Å²) >= 11 is 0. The second-order valence-electron chi connectivity index (χ2n) is 7.59. The van der Waals surface area contributed by atoms with E-state index in [4.69, 9.17) is 5.73 Å². The molecule has 1 heterocycles. The lowest BCUT2D eigenvalue weighted by Crippen LogP contribution is -2.02. The number of nitrogens with two attached hydrogens (primary N) is 1. The van der Waals surface area contributed by atoms with Gasteiger partial charge in [-0.2, -0.15) is 0 Å². The highest BCUT2D eigenvalue weighted by Gasteiger charge is 2.13. The molecular formula is C25H26N2. The van der Waals surface area contributed by atoms with Gasteiger partial charge in [0.2, 0.25) is 0 Å². The standard InChI is InChI=1S/C25H26N2/c1-18(2)16-27-17-24(22-10-6-7-19(13-22)15-26)23-12-11-21(14-25(23)27)20-8-4-3-5-9-20/h3-14,17-18H,15-16,26H2,1-2H3. The maximum atomic E-state index is 5.86. The second-order valence-corrected chi connectivity index (χ2v) is 7.59. The van der Waals surface area contributed by atoms with Crippen LogP contribution in [0.3, 0.4) is 0 Å². The normalized spacial score (nSPS) is 11.4. The summed E-state index contributed by atoms with van der Waals surface area (Å²) in [5.41, 5.74) is 13.3. The minimum Gasteiger partial charge on any atom is -0.347 e. The van der Waals surface area contributed by atoms with Crippen LogP contribution in [0.15, 0.2) is 79.0 Å². The molecule has 0 fully saturated rings. The molecule has 0 aliphatic heterocycles. The summed E-state index contributed by atoms with van der Waals surface area (Å²) in [6.45, 7) is 6.10. The van der Waals surface area contributed by atoms with Crippen molar-refractivity contribution in [3.05, 3.63) is 84.6 Å². The third-order valence-corrected chi connectivity index (χ3v) is 5.02. The summed E-state index contributed by atoms with van der Waals surface area (Å²) in [7, 11) is 0. The first-order chi connectivity index (χ1) is 13.2. The molecule has 4 rings (SSSR count). The first-order valence-corrected chi connectivity index (χ1v) is 9.63. The SMILES string of the molecule is CC(C)Cn1cc(-c2cccc(CN)c2)c2ccc(-c3ccccc3)cc21. The smallest absolute Gasteiger partial charge is 0.0493 e. The Morgan fingerprint density at radius 2 is 1.59 bits per heavy atom. The zero-order valence-electron chi connectivity index (χ0n) is 16.0. The Kier molecular flexibility index (Phi) is 4.83. The monoisotopic (exact) mass is 354 g/mol. The van der Waals surface area contributed by atoms with Crippen molar-refractivity contribution in [1.29, 1.82) is 0 Å². The quantitative estimate of drug-likeness (QED) is 0.462. The van der Waals surface area contributed by atoms with Gasteiger partial charge in [0.15, 0.2) is 0 Å². The van der Waals surface area contributed by atoms with Crippen LogP contribution >= 0.6 is 0 Å².